The number of nitrogens with one attached hydrogen (secondary N) is 4. The molecule has 6 N–H and O–H groups in total. The Morgan fingerprint density at radius 1 is 0.953 bits per heavy atom. The molecule has 1 saturated carbocycles. The number of H-pyrrole nitrogens is 1. The number of alkyl halides is 3. The van der Waals surface area contributed by atoms with E-state index in [-0.39, 0.29) is 18.2 Å². The fraction of sp³-hybridized carbons (Fsp3) is 0.429. The van der Waals surface area contributed by atoms with Crippen molar-refractivity contribution in [3.63, 3.8) is 0 Å². The number of aromatic amines is 1. The van der Waals surface area contributed by atoms with Gasteiger partial charge in [-0.25, -0.2) is 14.6 Å². The first-order valence-electron chi connectivity index (χ1n) is 13.7. The minimum atomic E-state index is -5.08. The highest BCUT2D eigenvalue weighted by Gasteiger charge is 2.43. The van der Waals surface area contributed by atoms with Crippen molar-refractivity contribution in [1.82, 2.24) is 25.8 Å². The summed E-state index contributed by atoms with van der Waals surface area (Å²) >= 11 is 0. The van der Waals surface area contributed by atoms with Gasteiger partial charge in [0.1, 0.15) is 5.82 Å². The maximum atomic E-state index is 13.2. The Morgan fingerprint density at radius 3 is 2.30 bits per heavy atom. The standard InChI is InChI=1S/C26H32N6O4.C2HF3O2/c33-23(18-8-2-1-3-9-18)30-26(25(35)36,13-5-7-15-28-22-10-4-6-14-27-22)31-24(34)19-11-12-21-20(16-19)17-29-32-21;3-2(4,5)1(6)7/h4,6,10-12,14,16-18H,1-3,5,7-9,13,15H2,(H,27,28)(H,29,32)(H,30,33)(H,31,34)(H,35,36);(H,6,7)/t26-;/m0./s1. The van der Waals surface area contributed by atoms with E-state index in [1.807, 2.05) is 18.2 Å². The van der Waals surface area contributed by atoms with Crippen molar-refractivity contribution in [2.75, 3.05) is 11.9 Å². The molecule has 1 aromatic carbocycles. The molecule has 4 rings (SSSR count). The number of aliphatic carboxylic acids is 2. The van der Waals surface area contributed by atoms with E-state index in [1.165, 1.54) is 0 Å². The SMILES string of the molecule is O=C(N[C@](CCCCNc1ccccn1)(NC(=O)C1CCCCC1)C(=O)O)c1ccc2[nH]ncc2c1.O=C(O)C(F)(F)F. The number of anilines is 1. The van der Waals surface area contributed by atoms with Crippen molar-refractivity contribution in [3.8, 4) is 0 Å². The van der Waals surface area contributed by atoms with Gasteiger partial charge in [0.2, 0.25) is 11.6 Å². The summed E-state index contributed by atoms with van der Waals surface area (Å²) in [5.41, 5.74) is -0.859. The maximum Gasteiger partial charge on any atom is 0.490 e. The molecule has 0 bridgehead atoms. The van der Waals surface area contributed by atoms with E-state index in [4.69, 9.17) is 9.90 Å². The van der Waals surface area contributed by atoms with Crippen molar-refractivity contribution in [2.45, 2.75) is 63.2 Å². The van der Waals surface area contributed by atoms with Crippen molar-refractivity contribution in [3.05, 3.63) is 54.4 Å². The van der Waals surface area contributed by atoms with Gasteiger partial charge in [-0.15, -0.1) is 0 Å². The average molecular weight is 607 g/mol. The summed E-state index contributed by atoms with van der Waals surface area (Å²) in [4.78, 5) is 52.0. The minimum absolute atomic E-state index is 0.0460. The van der Waals surface area contributed by atoms with Crippen LogP contribution >= 0.6 is 0 Å². The second kappa shape index (κ2) is 15.0. The molecule has 1 aliphatic rings. The molecule has 0 aliphatic heterocycles. The quantitative estimate of drug-likeness (QED) is 0.138. The lowest BCUT2D eigenvalue weighted by atomic mass is 9.88. The molecule has 1 fully saturated rings. The molecule has 0 saturated heterocycles. The van der Waals surface area contributed by atoms with Crippen LogP contribution in [0, 0.1) is 5.92 Å². The average Bonchev–Trinajstić information content (AvgIpc) is 3.46. The zero-order valence-electron chi connectivity index (χ0n) is 23.1. The highest BCUT2D eigenvalue weighted by molar-refractivity contribution is 6.01. The first kappa shape index (κ1) is 32.8. The zero-order valence-corrected chi connectivity index (χ0v) is 23.1. The summed E-state index contributed by atoms with van der Waals surface area (Å²) in [6.45, 7) is 0.578. The van der Waals surface area contributed by atoms with Crippen LogP contribution in [0.15, 0.2) is 48.8 Å². The summed E-state index contributed by atoms with van der Waals surface area (Å²) in [5, 5.41) is 33.5. The first-order valence-corrected chi connectivity index (χ1v) is 13.7. The van der Waals surface area contributed by atoms with Crippen LogP contribution in [0.3, 0.4) is 0 Å². The molecule has 0 spiro atoms. The number of carboxylic acid groups (broad SMARTS) is 2. The van der Waals surface area contributed by atoms with Gasteiger partial charge in [-0.05, 0) is 56.0 Å². The lowest BCUT2D eigenvalue weighted by Crippen LogP contribution is -2.66. The number of halogens is 3. The molecule has 2 amide bonds. The Kier molecular flexibility index (Phi) is 11.4. The Hall–Kier alpha value is -4.69. The van der Waals surface area contributed by atoms with Crippen LogP contribution < -0.4 is 16.0 Å². The molecule has 12 nitrogen and oxygen atoms in total. The van der Waals surface area contributed by atoms with Gasteiger partial charge in [-0.1, -0.05) is 25.3 Å². The van der Waals surface area contributed by atoms with Crippen LogP contribution in [-0.4, -0.2) is 67.5 Å². The van der Waals surface area contributed by atoms with Gasteiger partial charge in [-0.2, -0.15) is 18.3 Å². The molecular formula is C28H33F3N6O6. The smallest absolute Gasteiger partial charge is 0.478 e. The monoisotopic (exact) mass is 606 g/mol. The molecule has 0 unspecified atom stereocenters. The first-order chi connectivity index (χ1) is 20.4. The number of carboxylic acids is 2. The summed E-state index contributed by atoms with van der Waals surface area (Å²) in [6.07, 6.45) is 3.73. The van der Waals surface area contributed by atoms with Crippen LogP contribution in [0.5, 0.6) is 0 Å². The van der Waals surface area contributed by atoms with E-state index in [2.05, 4.69) is 31.1 Å². The van der Waals surface area contributed by atoms with Gasteiger partial charge in [-0.3, -0.25) is 14.7 Å². The van der Waals surface area contributed by atoms with E-state index in [0.717, 1.165) is 48.8 Å². The largest absolute Gasteiger partial charge is 0.490 e. The summed E-state index contributed by atoms with van der Waals surface area (Å²) in [7, 11) is 0. The third-order valence-electron chi connectivity index (χ3n) is 6.90. The van der Waals surface area contributed by atoms with Gasteiger partial charge in [0.05, 0.1) is 11.7 Å². The lowest BCUT2D eigenvalue weighted by Gasteiger charge is -2.34. The van der Waals surface area contributed by atoms with Crippen molar-refractivity contribution < 1.29 is 42.6 Å². The predicted molar refractivity (Wildman–Crippen MR) is 149 cm³/mol. The topological polar surface area (TPSA) is 186 Å². The second-order valence-electron chi connectivity index (χ2n) is 10.1. The highest BCUT2D eigenvalue weighted by atomic mass is 19.4. The third kappa shape index (κ3) is 9.68. The molecule has 2 aromatic heterocycles. The number of unbranched alkanes of at least 4 members (excludes halogenated alkanes) is 1. The summed E-state index contributed by atoms with van der Waals surface area (Å²) in [6, 6.07) is 10.5. The Morgan fingerprint density at radius 2 is 1.67 bits per heavy atom. The predicted octanol–water partition coefficient (Wildman–Crippen LogP) is 4.08. The molecule has 0 radical (unpaired) electrons. The van der Waals surface area contributed by atoms with Gasteiger partial charge in [0.15, 0.2) is 0 Å². The van der Waals surface area contributed by atoms with Crippen molar-refractivity contribution in [2.24, 2.45) is 5.92 Å². The number of pyridine rings is 1. The molecule has 1 aliphatic carbocycles. The van der Waals surface area contributed by atoms with E-state index in [9.17, 15) is 32.7 Å². The molecule has 1 atom stereocenters. The van der Waals surface area contributed by atoms with E-state index < -0.39 is 29.7 Å². The normalized spacial score (nSPS) is 15.0. The van der Waals surface area contributed by atoms with Crippen LogP contribution in [0.25, 0.3) is 10.9 Å². The maximum absolute atomic E-state index is 13.2. The highest BCUT2D eigenvalue weighted by Crippen LogP contribution is 2.25. The molecule has 232 valence electrons. The van der Waals surface area contributed by atoms with Gasteiger partial charge >= 0.3 is 18.1 Å². The van der Waals surface area contributed by atoms with Crippen LogP contribution in [-0.2, 0) is 14.4 Å². The van der Waals surface area contributed by atoms with E-state index >= 15 is 0 Å². The van der Waals surface area contributed by atoms with Gasteiger partial charge in [0.25, 0.3) is 5.91 Å². The number of benzene rings is 1. The van der Waals surface area contributed by atoms with E-state index in [0.29, 0.717) is 24.9 Å². The lowest BCUT2D eigenvalue weighted by molar-refractivity contribution is -0.192. The Bertz CT molecular complexity index is 1390. The molecule has 2 heterocycles. The molecule has 3 aromatic rings. The van der Waals surface area contributed by atoms with Crippen LogP contribution in [0.1, 0.15) is 61.7 Å². The zero-order chi connectivity index (χ0) is 31.5. The number of hydrogen-bond donors (Lipinski definition) is 6. The van der Waals surface area contributed by atoms with Gasteiger partial charge in [0, 0.05) is 36.0 Å². The number of nitrogens with zero attached hydrogens (tertiary/aromatic N) is 2. The van der Waals surface area contributed by atoms with Crippen molar-refractivity contribution >= 4 is 40.5 Å². The van der Waals surface area contributed by atoms with Crippen LogP contribution in [0.4, 0.5) is 19.0 Å². The van der Waals surface area contributed by atoms with Crippen molar-refractivity contribution in [1.29, 1.82) is 0 Å². The minimum Gasteiger partial charge on any atom is -0.478 e. The molecular weight excluding hydrogens is 573 g/mol. The second-order valence-corrected chi connectivity index (χ2v) is 10.1. The number of rotatable bonds is 11. The number of hydrogen-bond acceptors (Lipinski definition) is 7. The fourth-order valence-corrected chi connectivity index (χ4v) is 4.60. The number of amides is 2. The molecule has 43 heavy (non-hydrogen) atoms. The summed E-state index contributed by atoms with van der Waals surface area (Å²) in [5.74, 6) is -4.46. The number of carbonyl (C=O) groups excluding carboxylic acids is 2. The fourth-order valence-electron chi connectivity index (χ4n) is 4.60. The van der Waals surface area contributed by atoms with Gasteiger partial charge < -0.3 is 26.2 Å². The summed E-state index contributed by atoms with van der Waals surface area (Å²) < 4.78 is 31.7. The number of carbonyl (C=O) groups is 4. The number of fused-ring (bicyclic) bond motifs is 1. The third-order valence-corrected chi connectivity index (χ3v) is 6.90. The van der Waals surface area contributed by atoms with Crippen LogP contribution in [0.2, 0.25) is 0 Å². The Balaban J connectivity index is 0.000000646. The molecule has 15 heteroatoms. The Labute approximate surface area is 244 Å². The van der Waals surface area contributed by atoms with E-state index in [1.54, 1.807) is 30.6 Å². The number of aromatic nitrogens is 3.